The Morgan fingerprint density at radius 1 is 1.18 bits per heavy atom. The van der Waals surface area contributed by atoms with Gasteiger partial charge in [-0.1, -0.05) is 0 Å². The van der Waals surface area contributed by atoms with Crippen LogP contribution >= 0.6 is 0 Å². The van der Waals surface area contributed by atoms with E-state index in [0.29, 0.717) is 28.6 Å². The summed E-state index contributed by atoms with van der Waals surface area (Å²) >= 11 is 0. The van der Waals surface area contributed by atoms with E-state index in [1.165, 1.54) is 0 Å². The van der Waals surface area contributed by atoms with E-state index >= 15 is 0 Å². The Hall–Kier alpha value is -3.68. The van der Waals surface area contributed by atoms with E-state index in [-0.39, 0.29) is 19.2 Å². The van der Waals surface area contributed by atoms with Crippen LogP contribution in [-0.4, -0.2) is 33.8 Å². The maximum atomic E-state index is 12.4. The van der Waals surface area contributed by atoms with Crippen molar-refractivity contribution < 1.29 is 19.0 Å². The van der Waals surface area contributed by atoms with Crippen LogP contribution in [0.15, 0.2) is 55.1 Å². The number of carbonyl (C=O) groups is 1. The van der Waals surface area contributed by atoms with E-state index in [1.54, 1.807) is 49.9 Å². The van der Waals surface area contributed by atoms with E-state index in [9.17, 15) is 4.79 Å². The Balaban J connectivity index is 1.39. The molecule has 2 aromatic heterocycles. The largest absolute Gasteiger partial charge is 0.481 e. The standard InChI is InChI=1S/C20H18N4O4/c1-13(28-15-4-5-17-18(9-15)27-12-26-17)20(25)24-11-16-19(23-8-7-22-16)14-3-2-6-21-10-14/h2-10,13H,11-12H2,1H3,(H,24,25). The lowest BCUT2D eigenvalue weighted by Crippen LogP contribution is -2.36. The number of nitrogens with one attached hydrogen (secondary N) is 1. The zero-order valence-corrected chi connectivity index (χ0v) is 15.2. The van der Waals surface area contributed by atoms with Gasteiger partial charge in [0.25, 0.3) is 5.91 Å². The average molecular weight is 378 g/mol. The first-order chi connectivity index (χ1) is 13.7. The van der Waals surface area contributed by atoms with E-state index in [0.717, 1.165) is 5.56 Å². The van der Waals surface area contributed by atoms with Crippen LogP contribution in [0.1, 0.15) is 12.6 Å². The summed E-state index contributed by atoms with van der Waals surface area (Å²) in [6.45, 7) is 2.09. The molecule has 8 heteroatoms. The maximum absolute atomic E-state index is 12.4. The zero-order chi connectivity index (χ0) is 19.3. The van der Waals surface area contributed by atoms with Crippen LogP contribution in [0.3, 0.4) is 0 Å². The van der Waals surface area contributed by atoms with Gasteiger partial charge in [0.05, 0.1) is 17.9 Å². The van der Waals surface area contributed by atoms with Crippen molar-refractivity contribution in [1.82, 2.24) is 20.3 Å². The molecule has 0 saturated heterocycles. The summed E-state index contributed by atoms with van der Waals surface area (Å²) in [5.41, 5.74) is 2.17. The lowest BCUT2D eigenvalue weighted by atomic mass is 10.1. The number of benzene rings is 1. The number of hydrogen-bond acceptors (Lipinski definition) is 7. The molecule has 4 rings (SSSR count). The monoisotopic (exact) mass is 378 g/mol. The molecule has 1 aliphatic rings. The molecule has 1 aromatic carbocycles. The van der Waals surface area contributed by atoms with Crippen molar-refractivity contribution >= 4 is 5.91 Å². The number of rotatable bonds is 6. The topological polar surface area (TPSA) is 95.5 Å². The van der Waals surface area contributed by atoms with Crippen molar-refractivity contribution in [2.75, 3.05) is 6.79 Å². The molecule has 1 atom stereocenters. The molecule has 0 spiro atoms. The highest BCUT2D eigenvalue weighted by Crippen LogP contribution is 2.35. The van der Waals surface area contributed by atoms with Crippen LogP contribution < -0.4 is 19.5 Å². The van der Waals surface area contributed by atoms with Gasteiger partial charge < -0.3 is 19.5 Å². The second-order valence-electron chi connectivity index (χ2n) is 6.09. The Labute approximate surface area is 161 Å². The smallest absolute Gasteiger partial charge is 0.261 e. The molecule has 3 heterocycles. The second-order valence-corrected chi connectivity index (χ2v) is 6.09. The number of nitrogens with zero attached hydrogens (tertiary/aromatic N) is 3. The minimum atomic E-state index is -0.695. The third-order valence-electron chi connectivity index (χ3n) is 4.17. The van der Waals surface area contributed by atoms with Gasteiger partial charge in [0.1, 0.15) is 5.75 Å². The van der Waals surface area contributed by atoms with Gasteiger partial charge in [0.15, 0.2) is 17.6 Å². The summed E-state index contributed by atoms with van der Waals surface area (Å²) in [6, 6.07) is 8.92. The minimum absolute atomic E-state index is 0.187. The van der Waals surface area contributed by atoms with E-state index in [2.05, 4.69) is 20.3 Å². The third-order valence-corrected chi connectivity index (χ3v) is 4.17. The number of carbonyl (C=O) groups excluding carboxylic acids is 1. The van der Waals surface area contributed by atoms with Crippen LogP contribution in [0.2, 0.25) is 0 Å². The molecule has 0 aliphatic carbocycles. The van der Waals surface area contributed by atoms with Crippen molar-refractivity contribution in [2.24, 2.45) is 0 Å². The van der Waals surface area contributed by atoms with Crippen molar-refractivity contribution in [3.8, 4) is 28.5 Å². The second kappa shape index (κ2) is 7.91. The molecule has 1 amide bonds. The normalized spacial score (nSPS) is 13.0. The molecule has 3 aromatic rings. The number of pyridine rings is 1. The molecule has 0 saturated carbocycles. The molecule has 142 valence electrons. The van der Waals surface area contributed by atoms with Gasteiger partial charge in [-0.25, -0.2) is 0 Å². The highest BCUT2D eigenvalue weighted by atomic mass is 16.7. The molecule has 1 unspecified atom stereocenters. The summed E-state index contributed by atoms with van der Waals surface area (Å²) < 4.78 is 16.3. The first-order valence-corrected chi connectivity index (χ1v) is 8.75. The number of hydrogen-bond donors (Lipinski definition) is 1. The Morgan fingerprint density at radius 3 is 2.89 bits per heavy atom. The van der Waals surface area contributed by atoms with Gasteiger partial charge >= 0.3 is 0 Å². The summed E-state index contributed by atoms with van der Waals surface area (Å²) in [7, 11) is 0. The molecule has 0 bridgehead atoms. The van der Waals surface area contributed by atoms with Gasteiger partial charge in [-0.05, 0) is 31.2 Å². The van der Waals surface area contributed by atoms with E-state index < -0.39 is 6.10 Å². The van der Waals surface area contributed by atoms with E-state index in [4.69, 9.17) is 14.2 Å². The van der Waals surface area contributed by atoms with Gasteiger partial charge in [-0.2, -0.15) is 0 Å². The van der Waals surface area contributed by atoms with Crippen molar-refractivity contribution in [1.29, 1.82) is 0 Å². The van der Waals surface area contributed by atoms with Crippen molar-refractivity contribution in [3.05, 3.63) is 60.8 Å². The molecule has 8 nitrogen and oxygen atoms in total. The summed E-state index contributed by atoms with van der Waals surface area (Å²) in [6.07, 6.45) is 5.91. The van der Waals surface area contributed by atoms with Crippen LogP contribution in [0.25, 0.3) is 11.3 Å². The molecule has 28 heavy (non-hydrogen) atoms. The molecule has 0 fully saturated rings. The predicted molar refractivity (Wildman–Crippen MR) is 99.8 cm³/mol. The SMILES string of the molecule is CC(Oc1ccc2c(c1)OCO2)C(=O)NCc1nccnc1-c1cccnc1. The summed E-state index contributed by atoms with van der Waals surface area (Å²) in [5, 5.41) is 2.84. The highest BCUT2D eigenvalue weighted by molar-refractivity contribution is 5.80. The number of amides is 1. The first kappa shape index (κ1) is 17.7. The fraction of sp³-hybridized carbons (Fsp3) is 0.200. The van der Waals surface area contributed by atoms with Gasteiger partial charge in [0.2, 0.25) is 6.79 Å². The van der Waals surface area contributed by atoms with Gasteiger partial charge in [-0.15, -0.1) is 0 Å². The van der Waals surface area contributed by atoms with Crippen molar-refractivity contribution in [2.45, 2.75) is 19.6 Å². The minimum Gasteiger partial charge on any atom is -0.481 e. The highest BCUT2D eigenvalue weighted by Gasteiger charge is 2.19. The fourth-order valence-corrected chi connectivity index (χ4v) is 2.76. The van der Waals surface area contributed by atoms with E-state index in [1.807, 2.05) is 12.1 Å². The molecule has 1 N–H and O–H groups in total. The van der Waals surface area contributed by atoms with Crippen LogP contribution in [0, 0.1) is 0 Å². The number of ether oxygens (including phenoxy) is 3. The number of aromatic nitrogens is 3. The molecule has 0 radical (unpaired) electrons. The third kappa shape index (κ3) is 3.85. The predicted octanol–water partition coefficient (Wildman–Crippen LogP) is 2.35. The van der Waals surface area contributed by atoms with Crippen LogP contribution in [-0.2, 0) is 11.3 Å². The maximum Gasteiger partial charge on any atom is 0.261 e. The zero-order valence-electron chi connectivity index (χ0n) is 15.2. The Bertz CT molecular complexity index is 981. The Morgan fingerprint density at radius 2 is 2.04 bits per heavy atom. The lowest BCUT2D eigenvalue weighted by Gasteiger charge is -2.15. The average Bonchev–Trinajstić information content (AvgIpc) is 3.20. The first-order valence-electron chi connectivity index (χ1n) is 8.75. The fourth-order valence-electron chi connectivity index (χ4n) is 2.76. The molecular weight excluding hydrogens is 360 g/mol. The van der Waals surface area contributed by atoms with Crippen molar-refractivity contribution in [3.63, 3.8) is 0 Å². The van der Waals surface area contributed by atoms with Gasteiger partial charge in [0, 0.05) is 36.4 Å². The summed E-state index contributed by atoms with van der Waals surface area (Å²) in [4.78, 5) is 25.2. The van der Waals surface area contributed by atoms with Crippen LogP contribution in [0.4, 0.5) is 0 Å². The molecule has 1 aliphatic heterocycles. The molecular formula is C20H18N4O4. The Kier molecular flexibility index (Phi) is 5.01. The lowest BCUT2D eigenvalue weighted by molar-refractivity contribution is -0.127. The quantitative estimate of drug-likeness (QED) is 0.703. The number of fused-ring (bicyclic) bond motifs is 1. The van der Waals surface area contributed by atoms with Crippen LogP contribution in [0.5, 0.6) is 17.2 Å². The summed E-state index contributed by atoms with van der Waals surface area (Å²) in [5.74, 6) is 1.53. The van der Waals surface area contributed by atoms with Gasteiger partial charge in [-0.3, -0.25) is 19.7 Å².